The van der Waals surface area contributed by atoms with Gasteiger partial charge in [-0.25, -0.2) is 0 Å². The van der Waals surface area contributed by atoms with E-state index in [1.54, 1.807) is 12.1 Å². The number of phenolic OH excluding ortho intramolecular Hbond substituents is 1. The number of halogens is 1. The molecule has 0 spiro atoms. The van der Waals surface area contributed by atoms with Gasteiger partial charge in [0.2, 0.25) is 0 Å². The second-order valence-electron chi connectivity index (χ2n) is 4.78. The maximum absolute atomic E-state index is 9.98. The fourth-order valence-electron chi connectivity index (χ4n) is 1.62. The van der Waals surface area contributed by atoms with Gasteiger partial charge in [-0.05, 0) is 12.5 Å². The van der Waals surface area contributed by atoms with Gasteiger partial charge in [0, 0.05) is 18.2 Å². The smallest absolute Gasteiger partial charge is 0.161 e. The highest BCUT2D eigenvalue weighted by Crippen LogP contribution is 2.30. The zero-order chi connectivity index (χ0) is 14.3. The van der Waals surface area contributed by atoms with Crippen molar-refractivity contribution in [2.24, 2.45) is 0 Å². The topological polar surface area (TPSA) is 61.7 Å². The monoisotopic (exact) mass is 301 g/mol. The third-order valence-corrected chi connectivity index (χ3v) is 2.64. The minimum atomic E-state index is -0.607. The van der Waals surface area contributed by atoms with E-state index in [0.29, 0.717) is 24.8 Å². The molecule has 4 nitrogen and oxygen atoms in total. The van der Waals surface area contributed by atoms with E-state index in [2.05, 4.69) is 11.9 Å². The summed E-state index contributed by atoms with van der Waals surface area (Å²) in [7, 11) is 0. The average Bonchev–Trinajstić information content (AvgIpc) is 2.37. The average molecular weight is 302 g/mol. The molecule has 0 aliphatic heterocycles. The van der Waals surface area contributed by atoms with Crippen molar-refractivity contribution in [1.29, 1.82) is 0 Å². The molecule has 0 amide bonds. The van der Waals surface area contributed by atoms with Crippen LogP contribution in [0.15, 0.2) is 30.9 Å². The lowest BCUT2D eigenvalue weighted by Crippen LogP contribution is -2.35. The molecule has 3 N–H and O–H groups in total. The minimum Gasteiger partial charge on any atom is -0.504 e. The Hall–Kier alpha value is -1.23. The third kappa shape index (κ3) is 6.28. The van der Waals surface area contributed by atoms with Crippen molar-refractivity contribution in [1.82, 2.24) is 5.32 Å². The Kier molecular flexibility index (Phi) is 9.05. The fraction of sp³-hybridized carbons (Fsp3) is 0.467. The number of hydrogen-bond acceptors (Lipinski definition) is 4. The Morgan fingerprint density at radius 3 is 2.70 bits per heavy atom. The molecule has 0 heterocycles. The lowest BCUT2D eigenvalue weighted by atomic mass is 10.1. The highest BCUT2D eigenvalue weighted by atomic mass is 35.5. The number of aromatic hydroxyl groups is 1. The van der Waals surface area contributed by atoms with Crippen molar-refractivity contribution in [3.63, 3.8) is 0 Å². The number of aliphatic hydroxyl groups excluding tert-OH is 1. The van der Waals surface area contributed by atoms with Gasteiger partial charge >= 0.3 is 0 Å². The standard InChI is InChI=1S/C15H23NO3.ClH/c1-4-6-12-7-5-8-14(15(12)18)19-10-13(17)9-16-11(2)3;/h4-5,7-8,11,13,16-18H,1,6,9-10H2,2-3H3;1H. The highest BCUT2D eigenvalue weighted by molar-refractivity contribution is 5.85. The minimum absolute atomic E-state index is 0. The Bertz CT molecular complexity index is 410. The first-order chi connectivity index (χ1) is 9.04. The first kappa shape index (κ1) is 18.8. The van der Waals surface area contributed by atoms with Gasteiger partial charge in [0.05, 0.1) is 0 Å². The van der Waals surface area contributed by atoms with Gasteiger partial charge in [-0.15, -0.1) is 19.0 Å². The number of ether oxygens (including phenoxy) is 1. The SMILES string of the molecule is C=CCc1cccc(OCC(O)CNC(C)C)c1O.Cl. The van der Waals surface area contributed by atoms with Gasteiger partial charge in [0.25, 0.3) is 0 Å². The summed E-state index contributed by atoms with van der Waals surface area (Å²) in [5.41, 5.74) is 0.766. The quantitative estimate of drug-likeness (QED) is 0.645. The van der Waals surface area contributed by atoms with E-state index >= 15 is 0 Å². The van der Waals surface area contributed by atoms with Gasteiger partial charge in [0.1, 0.15) is 12.7 Å². The number of benzene rings is 1. The zero-order valence-corrected chi connectivity index (χ0v) is 12.8. The van der Waals surface area contributed by atoms with Crippen molar-refractivity contribution < 1.29 is 14.9 Å². The maximum Gasteiger partial charge on any atom is 0.161 e. The van der Waals surface area contributed by atoms with Crippen LogP contribution < -0.4 is 10.1 Å². The van der Waals surface area contributed by atoms with Crippen LogP contribution in [-0.4, -0.2) is 35.5 Å². The van der Waals surface area contributed by atoms with Gasteiger partial charge in [-0.3, -0.25) is 0 Å². The normalized spacial score (nSPS) is 11.8. The molecule has 0 radical (unpaired) electrons. The molecule has 114 valence electrons. The predicted molar refractivity (Wildman–Crippen MR) is 83.9 cm³/mol. The van der Waals surface area contributed by atoms with Crippen LogP contribution in [0.3, 0.4) is 0 Å². The summed E-state index contributed by atoms with van der Waals surface area (Å²) in [4.78, 5) is 0. The first-order valence-corrected chi connectivity index (χ1v) is 6.50. The molecule has 0 aromatic heterocycles. The van der Waals surface area contributed by atoms with E-state index in [-0.39, 0.29) is 24.8 Å². The van der Waals surface area contributed by atoms with E-state index in [1.807, 2.05) is 26.0 Å². The molecule has 0 aliphatic carbocycles. The molecule has 1 rings (SSSR count). The van der Waals surface area contributed by atoms with Crippen LogP contribution in [0, 0.1) is 0 Å². The van der Waals surface area contributed by atoms with Crippen LogP contribution in [0.4, 0.5) is 0 Å². The van der Waals surface area contributed by atoms with E-state index in [9.17, 15) is 10.2 Å². The van der Waals surface area contributed by atoms with Gasteiger partial charge in [0.15, 0.2) is 11.5 Å². The molecule has 1 unspecified atom stereocenters. The van der Waals surface area contributed by atoms with Crippen LogP contribution in [0.25, 0.3) is 0 Å². The number of para-hydroxylation sites is 1. The Labute approximate surface area is 126 Å². The summed E-state index contributed by atoms with van der Waals surface area (Å²) in [6, 6.07) is 5.64. The summed E-state index contributed by atoms with van der Waals surface area (Å²) in [5.74, 6) is 0.509. The van der Waals surface area contributed by atoms with Crippen LogP contribution in [0.5, 0.6) is 11.5 Å². The van der Waals surface area contributed by atoms with Crippen LogP contribution >= 0.6 is 12.4 Å². The second kappa shape index (κ2) is 9.64. The second-order valence-corrected chi connectivity index (χ2v) is 4.78. The summed E-state index contributed by atoms with van der Waals surface area (Å²) in [5, 5.41) is 22.8. The molecule has 1 aromatic carbocycles. The number of nitrogens with one attached hydrogen (secondary N) is 1. The molecule has 0 fully saturated rings. The first-order valence-electron chi connectivity index (χ1n) is 6.50. The summed E-state index contributed by atoms with van der Waals surface area (Å²) < 4.78 is 5.44. The third-order valence-electron chi connectivity index (χ3n) is 2.64. The molecular weight excluding hydrogens is 278 g/mol. The van der Waals surface area contributed by atoms with E-state index in [4.69, 9.17) is 4.74 Å². The number of allylic oxidation sites excluding steroid dienone is 1. The summed E-state index contributed by atoms with van der Waals surface area (Å²) >= 11 is 0. The largest absolute Gasteiger partial charge is 0.504 e. The Morgan fingerprint density at radius 1 is 1.40 bits per heavy atom. The maximum atomic E-state index is 9.98. The van der Waals surface area contributed by atoms with E-state index in [1.165, 1.54) is 0 Å². The van der Waals surface area contributed by atoms with Crippen LogP contribution in [0.1, 0.15) is 19.4 Å². The van der Waals surface area contributed by atoms with Crippen molar-refractivity contribution in [3.8, 4) is 11.5 Å². The molecule has 1 atom stereocenters. The van der Waals surface area contributed by atoms with Gasteiger partial charge in [-0.2, -0.15) is 0 Å². The van der Waals surface area contributed by atoms with E-state index < -0.39 is 6.10 Å². The molecule has 1 aromatic rings. The highest BCUT2D eigenvalue weighted by Gasteiger charge is 2.10. The summed E-state index contributed by atoms with van der Waals surface area (Å²) in [6.45, 7) is 8.27. The predicted octanol–water partition coefficient (Wildman–Crippen LogP) is 2.28. The van der Waals surface area contributed by atoms with Crippen LogP contribution in [0.2, 0.25) is 0 Å². The molecule has 0 saturated carbocycles. The van der Waals surface area contributed by atoms with Crippen molar-refractivity contribution >= 4 is 12.4 Å². The Morgan fingerprint density at radius 2 is 2.10 bits per heavy atom. The fourth-order valence-corrected chi connectivity index (χ4v) is 1.62. The van der Waals surface area contributed by atoms with Crippen LogP contribution in [-0.2, 0) is 6.42 Å². The number of phenols is 1. The van der Waals surface area contributed by atoms with Gasteiger partial charge in [-0.1, -0.05) is 32.1 Å². The molecule has 20 heavy (non-hydrogen) atoms. The lowest BCUT2D eigenvalue weighted by Gasteiger charge is -2.16. The van der Waals surface area contributed by atoms with Crippen molar-refractivity contribution in [3.05, 3.63) is 36.4 Å². The molecule has 5 heteroatoms. The van der Waals surface area contributed by atoms with Crippen molar-refractivity contribution in [2.75, 3.05) is 13.2 Å². The lowest BCUT2D eigenvalue weighted by molar-refractivity contribution is 0.103. The van der Waals surface area contributed by atoms with Crippen molar-refractivity contribution in [2.45, 2.75) is 32.4 Å². The Balaban J connectivity index is 0.00000361. The molecular formula is C15H24ClNO3. The zero-order valence-electron chi connectivity index (χ0n) is 12.0. The molecule has 0 bridgehead atoms. The van der Waals surface area contributed by atoms with E-state index in [0.717, 1.165) is 5.56 Å². The molecule has 0 saturated heterocycles. The number of rotatable bonds is 8. The summed E-state index contributed by atoms with van der Waals surface area (Å²) in [6.07, 6.45) is 1.70. The number of aliphatic hydroxyl groups is 1. The molecule has 0 aliphatic rings. The number of hydrogen-bond donors (Lipinski definition) is 3. The van der Waals surface area contributed by atoms with Gasteiger partial charge < -0.3 is 20.3 Å².